The average molecular weight is 304 g/mol. The van der Waals surface area contributed by atoms with E-state index in [0.717, 1.165) is 30.6 Å². The van der Waals surface area contributed by atoms with Gasteiger partial charge in [0.2, 0.25) is 0 Å². The van der Waals surface area contributed by atoms with Crippen LogP contribution in [0.25, 0.3) is 0 Å². The first-order valence-corrected chi connectivity index (χ1v) is 8.29. The van der Waals surface area contributed by atoms with Crippen LogP contribution in [0.3, 0.4) is 0 Å². The lowest BCUT2D eigenvalue weighted by Crippen LogP contribution is -2.41. The number of nitrogens with one attached hydrogen (secondary N) is 2. The number of amides is 1. The van der Waals surface area contributed by atoms with E-state index in [-0.39, 0.29) is 11.5 Å². The van der Waals surface area contributed by atoms with Gasteiger partial charge in [0, 0.05) is 25.2 Å². The molecule has 120 valence electrons. The van der Waals surface area contributed by atoms with Crippen molar-refractivity contribution in [2.45, 2.75) is 58.0 Å². The smallest absolute Gasteiger partial charge is 0.277 e. The minimum absolute atomic E-state index is 0.135. The van der Waals surface area contributed by atoms with Crippen molar-refractivity contribution >= 4 is 5.91 Å². The summed E-state index contributed by atoms with van der Waals surface area (Å²) in [5.41, 5.74) is 1.56. The molecule has 2 aliphatic rings. The van der Waals surface area contributed by atoms with Crippen LogP contribution in [-0.2, 0) is 12.8 Å². The minimum Gasteiger partial charge on any atom is -0.337 e. The molecule has 2 aliphatic heterocycles. The van der Waals surface area contributed by atoms with Gasteiger partial charge in [0.1, 0.15) is 5.56 Å². The van der Waals surface area contributed by atoms with Gasteiger partial charge < -0.3 is 10.2 Å². The molecule has 2 fully saturated rings. The molecule has 2 saturated heterocycles. The molecular formula is C16H24N4O2. The molecule has 0 saturated carbocycles. The number of hydrogen-bond donors (Lipinski definition) is 2. The minimum atomic E-state index is -0.360. The Morgan fingerprint density at radius 3 is 2.73 bits per heavy atom. The molecule has 2 N–H and O–H groups in total. The molecule has 2 bridgehead atoms. The lowest BCUT2D eigenvalue weighted by Gasteiger charge is -2.25. The largest absolute Gasteiger partial charge is 0.337 e. The van der Waals surface area contributed by atoms with Gasteiger partial charge in [-0.2, -0.15) is 5.10 Å². The first-order valence-electron chi connectivity index (χ1n) is 8.29. The Bertz CT molecular complexity index is 625. The van der Waals surface area contributed by atoms with Gasteiger partial charge in [0.05, 0.1) is 5.69 Å². The fraction of sp³-hybridized carbons (Fsp3) is 0.688. The van der Waals surface area contributed by atoms with E-state index >= 15 is 0 Å². The van der Waals surface area contributed by atoms with Crippen molar-refractivity contribution in [2.75, 3.05) is 13.1 Å². The van der Waals surface area contributed by atoms with Crippen LogP contribution in [0.15, 0.2) is 4.79 Å². The summed E-state index contributed by atoms with van der Waals surface area (Å²) in [6.07, 6.45) is 4.64. The number of nitrogens with zero attached hydrogens (tertiary/aromatic N) is 2. The second-order valence-corrected chi connectivity index (χ2v) is 6.24. The third-order valence-electron chi connectivity index (χ3n) is 4.88. The summed E-state index contributed by atoms with van der Waals surface area (Å²) >= 11 is 0. The molecule has 3 heterocycles. The molecule has 6 nitrogen and oxygen atoms in total. The zero-order chi connectivity index (χ0) is 15.7. The first-order chi connectivity index (χ1) is 10.6. The van der Waals surface area contributed by atoms with Gasteiger partial charge in [-0.05, 0) is 37.7 Å². The summed E-state index contributed by atoms with van der Waals surface area (Å²) in [7, 11) is 0. The molecule has 0 aromatic carbocycles. The highest BCUT2D eigenvalue weighted by Gasteiger charge is 2.33. The standard InChI is InChI=1S/C16H24N4O2/c1-3-12-13(4-2)18-19-15(21)14(12)16(22)20-8-7-10-5-6-11(9-20)17-10/h10-11,17H,3-9H2,1-2H3,(H,19,21). The van der Waals surface area contributed by atoms with E-state index in [0.29, 0.717) is 37.0 Å². The Morgan fingerprint density at radius 2 is 2.00 bits per heavy atom. The second-order valence-electron chi connectivity index (χ2n) is 6.24. The molecule has 2 atom stereocenters. The van der Waals surface area contributed by atoms with Crippen LogP contribution in [-0.4, -0.2) is 46.2 Å². The van der Waals surface area contributed by atoms with E-state index in [4.69, 9.17) is 0 Å². The molecule has 0 aliphatic carbocycles. The third-order valence-corrected chi connectivity index (χ3v) is 4.88. The number of aromatic amines is 1. The van der Waals surface area contributed by atoms with Gasteiger partial charge in [-0.25, -0.2) is 5.10 Å². The maximum atomic E-state index is 12.9. The topological polar surface area (TPSA) is 78.1 Å². The molecule has 1 aromatic heterocycles. The second kappa shape index (κ2) is 6.20. The molecule has 3 rings (SSSR count). The van der Waals surface area contributed by atoms with Crippen molar-refractivity contribution in [3.05, 3.63) is 27.2 Å². The summed E-state index contributed by atoms with van der Waals surface area (Å²) in [6.45, 7) is 5.38. The first kappa shape index (κ1) is 15.2. The van der Waals surface area contributed by atoms with Crippen molar-refractivity contribution < 1.29 is 4.79 Å². The number of aryl methyl sites for hydroxylation is 1. The number of aromatic nitrogens is 2. The SMILES string of the molecule is CCc1n[nH]c(=O)c(C(=O)N2CCC3CCC(C2)N3)c1CC. The molecule has 22 heavy (non-hydrogen) atoms. The van der Waals surface area contributed by atoms with Gasteiger partial charge >= 0.3 is 0 Å². The van der Waals surface area contributed by atoms with Crippen molar-refractivity contribution in [2.24, 2.45) is 0 Å². The predicted molar refractivity (Wildman–Crippen MR) is 84.1 cm³/mol. The highest BCUT2D eigenvalue weighted by atomic mass is 16.2. The van der Waals surface area contributed by atoms with E-state index in [1.165, 1.54) is 6.42 Å². The van der Waals surface area contributed by atoms with Gasteiger partial charge in [0.15, 0.2) is 0 Å². The van der Waals surface area contributed by atoms with Crippen LogP contribution in [0.5, 0.6) is 0 Å². The van der Waals surface area contributed by atoms with E-state index in [2.05, 4.69) is 15.5 Å². The molecule has 2 unspecified atom stereocenters. The van der Waals surface area contributed by atoms with Crippen LogP contribution in [0.2, 0.25) is 0 Å². The zero-order valence-electron chi connectivity index (χ0n) is 13.3. The van der Waals surface area contributed by atoms with Gasteiger partial charge in [-0.1, -0.05) is 13.8 Å². The maximum Gasteiger partial charge on any atom is 0.277 e. The normalized spacial score (nSPS) is 24.4. The lowest BCUT2D eigenvalue weighted by atomic mass is 10.0. The number of hydrogen-bond acceptors (Lipinski definition) is 4. The molecular weight excluding hydrogens is 280 g/mol. The Morgan fingerprint density at radius 1 is 1.23 bits per heavy atom. The fourth-order valence-corrected chi connectivity index (χ4v) is 3.71. The third kappa shape index (κ3) is 2.67. The van der Waals surface area contributed by atoms with Crippen LogP contribution < -0.4 is 10.9 Å². The molecule has 1 amide bonds. The Hall–Kier alpha value is -1.69. The van der Waals surface area contributed by atoms with Crippen molar-refractivity contribution in [1.29, 1.82) is 0 Å². The Balaban J connectivity index is 1.93. The van der Waals surface area contributed by atoms with Gasteiger partial charge in [0.25, 0.3) is 11.5 Å². The van der Waals surface area contributed by atoms with Crippen molar-refractivity contribution in [1.82, 2.24) is 20.4 Å². The predicted octanol–water partition coefficient (Wildman–Crippen LogP) is 0.861. The van der Waals surface area contributed by atoms with Gasteiger partial charge in [-0.15, -0.1) is 0 Å². The number of rotatable bonds is 3. The highest BCUT2D eigenvalue weighted by molar-refractivity contribution is 5.95. The number of likely N-dealkylation sites (tertiary alicyclic amines) is 1. The number of H-pyrrole nitrogens is 1. The molecule has 6 heteroatoms. The van der Waals surface area contributed by atoms with E-state index in [1.807, 2.05) is 18.7 Å². The summed E-state index contributed by atoms with van der Waals surface area (Å²) in [4.78, 5) is 27.0. The number of carbonyl (C=O) groups is 1. The molecule has 0 spiro atoms. The highest BCUT2D eigenvalue weighted by Crippen LogP contribution is 2.22. The maximum absolute atomic E-state index is 12.9. The van der Waals surface area contributed by atoms with E-state index < -0.39 is 0 Å². The number of carbonyl (C=O) groups excluding carboxylic acids is 1. The Labute approximate surface area is 130 Å². The van der Waals surface area contributed by atoms with Crippen LogP contribution in [0.4, 0.5) is 0 Å². The quantitative estimate of drug-likeness (QED) is 0.868. The van der Waals surface area contributed by atoms with E-state index in [9.17, 15) is 9.59 Å². The summed E-state index contributed by atoms with van der Waals surface area (Å²) in [5.74, 6) is -0.135. The van der Waals surface area contributed by atoms with E-state index in [1.54, 1.807) is 0 Å². The molecule has 1 aromatic rings. The summed E-state index contributed by atoms with van der Waals surface area (Å²) in [6, 6.07) is 0.892. The molecule has 0 radical (unpaired) electrons. The zero-order valence-corrected chi connectivity index (χ0v) is 13.3. The Kier molecular flexibility index (Phi) is 4.29. The average Bonchev–Trinajstić information content (AvgIpc) is 2.85. The lowest BCUT2D eigenvalue weighted by molar-refractivity contribution is 0.0744. The van der Waals surface area contributed by atoms with Crippen molar-refractivity contribution in [3.8, 4) is 0 Å². The summed E-state index contributed by atoms with van der Waals surface area (Å²) < 4.78 is 0. The summed E-state index contributed by atoms with van der Waals surface area (Å²) in [5, 5.41) is 10.1. The number of fused-ring (bicyclic) bond motifs is 2. The van der Waals surface area contributed by atoms with Gasteiger partial charge in [-0.3, -0.25) is 9.59 Å². The van der Waals surface area contributed by atoms with Crippen LogP contribution >= 0.6 is 0 Å². The monoisotopic (exact) mass is 304 g/mol. The van der Waals surface area contributed by atoms with Crippen LogP contribution in [0, 0.1) is 0 Å². The fourth-order valence-electron chi connectivity index (χ4n) is 3.71. The van der Waals surface area contributed by atoms with Crippen molar-refractivity contribution in [3.63, 3.8) is 0 Å². The van der Waals surface area contributed by atoms with Crippen LogP contribution in [0.1, 0.15) is 54.7 Å².